The van der Waals surface area contributed by atoms with E-state index in [2.05, 4.69) is 10.6 Å². The zero-order valence-electron chi connectivity index (χ0n) is 12.7. The molecule has 1 amide bonds. The van der Waals surface area contributed by atoms with Crippen LogP contribution in [0.3, 0.4) is 0 Å². The molecule has 1 aromatic rings. The minimum atomic E-state index is -1.01. The Morgan fingerprint density at radius 1 is 1.33 bits per heavy atom. The second kappa shape index (κ2) is 5.85. The van der Waals surface area contributed by atoms with E-state index in [0.717, 1.165) is 30.6 Å². The molecule has 1 heterocycles. The molecule has 2 rings (SSSR count). The van der Waals surface area contributed by atoms with Crippen LogP contribution in [0, 0.1) is 5.41 Å². The minimum Gasteiger partial charge on any atom is -0.480 e. The summed E-state index contributed by atoms with van der Waals surface area (Å²) in [5.41, 5.74) is 2.17. The van der Waals surface area contributed by atoms with Crippen LogP contribution in [0.5, 0.6) is 0 Å². The Balaban J connectivity index is 2.26. The third-order valence-corrected chi connectivity index (χ3v) is 3.77. The van der Waals surface area contributed by atoms with E-state index in [1.807, 2.05) is 12.1 Å². The topological polar surface area (TPSA) is 78.4 Å². The van der Waals surface area contributed by atoms with Crippen molar-refractivity contribution in [3.05, 3.63) is 34.9 Å². The van der Waals surface area contributed by atoms with E-state index in [1.54, 1.807) is 26.8 Å². The molecule has 1 aromatic carbocycles. The molecule has 5 heteroatoms. The fraction of sp³-hybridized carbons (Fsp3) is 0.500. The van der Waals surface area contributed by atoms with Gasteiger partial charge in [0.2, 0.25) is 0 Å². The number of benzene rings is 1. The van der Waals surface area contributed by atoms with Crippen LogP contribution in [-0.4, -0.2) is 29.6 Å². The van der Waals surface area contributed by atoms with Crippen molar-refractivity contribution in [1.29, 1.82) is 0 Å². The van der Waals surface area contributed by atoms with Crippen LogP contribution in [0.25, 0.3) is 0 Å². The molecule has 0 aliphatic carbocycles. The van der Waals surface area contributed by atoms with E-state index in [0.29, 0.717) is 5.56 Å². The number of nitrogens with one attached hydrogen (secondary N) is 2. The number of hydrogen-bond donors (Lipinski definition) is 3. The van der Waals surface area contributed by atoms with Crippen molar-refractivity contribution in [1.82, 2.24) is 10.6 Å². The van der Waals surface area contributed by atoms with E-state index in [1.165, 1.54) is 0 Å². The van der Waals surface area contributed by atoms with E-state index in [9.17, 15) is 14.7 Å². The maximum absolute atomic E-state index is 12.5. The van der Waals surface area contributed by atoms with Crippen LogP contribution < -0.4 is 10.6 Å². The van der Waals surface area contributed by atoms with Gasteiger partial charge >= 0.3 is 5.97 Å². The highest BCUT2D eigenvalue weighted by molar-refractivity contribution is 5.98. The van der Waals surface area contributed by atoms with Gasteiger partial charge in [-0.1, -0.05) is 32.9 Å². The smallest absolute Gasteiger partial charge is 0.326 e. The van der Waals surface area contributed by atoms with E-state index >= 15 is 0 Å². The molecule has 1 atom stereocenters. The lowest BCUT2D eigenvalue weighted by atomic mass is 9.86. The number of carbonyl (C=O) groups is 2. The molecule has 0 radical (unpaired) electrons. The van der Waals surface area contributed by atoms with Crippen molar-refractivity contribution < 1.29 is 14.7 Å². The highest BCUT2D eigenvalue weighted by atomic mass is 16.4. The van der Waals surface area contributed by atoms with Crippen LogP contribution in [0.1, 0.15) is 42.3 Å². The number of carboxylic acid groups (broad SMARTS) is 1. The van der Waals surface area contributed by atoms with Gasteiger partial charge in [0.1, 0.15) is 6.04 Å². The minimum absolute atomic E-state index is 0.309. The second-order valence-electron chi connectivity index (χ2n) is 6.48. The van der Waals surface area contributed by atoms with Crippen LogP contribution in [0.2, 0.25) is 0 Å². The van der Waals surface area contributed by atoms with Crippen LogP contribution in [-0.2, 0) is 17.8 Å². The lowest BCUT2D eigenvalue weighted by Gasteiger charge is -2.28. The first-order valence-corrected chi connectivity index (χ1v) is 7.16. The van der Waals surface area contributed by atoms with Crippen LogP contribution in [0.15, 0.2) is 18.2 Å². The normalized spacial score (nSPS) is 16.0. The molecule has 0 bridgehead atoms. The number of carboxylic acids is 1. The number of amides is 1. The van der Waals surface area contributed by atoms with Crippen molar-refractivity contribution in [2.75, 3.05) is 6.54 Å². The first kappa shape index (κ1) is 15.5. The lowest BCUT2D eigenvalue weighted by Crippen LogP contribution is -2.49. The fourth-order valence-corrected chi connectivity index (χ4v) is 2.60. The summed E-state index contributed by atoms with van der Waals surface area (Å²) in [6, 6.07) is 4.69. The van der Waals surface area contributed by atoms with E-state index in [4.69, 9.17) is 0 Å². The summed E-state index contributed by atoms with van der Waals surface area (Å²) in [5, 5.41) is 15.2. The van der Waals surface area contributed by atoms with Crippen molar-refractivity contribution in [2.24, 2.45) is 5.41 Å². The molecular formula is C16H22N2O3. The number of hydrogen-bond acceptors (Lipinski definition) is 3. The molecule has 0 saturated heterocycles. The molecule has 1 aliphatic rings. The summed E-state index contributed by atoms with van der Waals surface area (Å²) in [6.45, 7) is 6.99. The standard InChI is InChI=1S/C16H22N2O3/c1-16(2,3)13(15(20)21)18-14(19)12-6-4-5-10-9-17-8-7-11(10)12/h4-6,13,17H,7-9H2,1-3H3,(H,18,19)(H,20,21)/t13-/m0/s1. The average Bonchev–Trinajstić information content (AvgIpc) is 2.42. The Morgan fingerprint density at radius 3 is 2.67 bits per heavy atom. The quantitative estimate of drug-likeness (QED) is 0.789. The van der Waals surface area contributed by atoms with Crippen molar-refractivity contribution in [3.63, 3.8) is 0 Å². The maximum atomic E-state index is 12.5. The number of rotatable bonds is 3. The summed E-state index contributed by atoms with van der Waals surface area (Å²) in [6.07, 6.45) is 0.784. The molecular weight excluding hydrogens is 268 g/mol. The predicted molar refractivity (Wildman–Crippen MR) is 80.2 cm³/mol. The molecule has 0 saturated carbocycles. The molecule has 5 nitrogen and oxygen atoms in total. The van der Waals surface area contributed by atoms with Crippen LogP contribution >= 0.6 is 0 Å². The lowest BCUT2D eigenvalue weighted by molar-refractivity contribution is -0.142. The maximum Gasteiger partial charge on any atom is 0.326 e. The summed E-state index contributed by atoms with van der Waals surface area (Å²) >= 11 is 0. The summed E-state index contributed by atoms with van der Waals surface area (Å²) in [5.74, 6) is -1.32. The van der Waals surface area contributed by atoms with Gasteiger partial charge < -0.3 is 15.7 Å². The van der Waals surface area contributed by atoms with Crippen molar-refractivity contribution in [2.45, 2.75) is 39.8 Å². The summed E-state index contributed by atoms with van der Waals surface area (Å²) < 4.78 is 0. The van der Waals surface area contributed by atoms with Crippen molar-refractivity contribution >= 4 is 11.9 Å². The van der Waals surface area contributed by atoms with E-state index < -0.39 is 17.4 Å². The molecule has 114 valence electrons. The Labute approximate surface area is 124 Å². The van der Waals surface area contributed by atoms with Crippen LogP contribution in [0.4, 0.5) is 0 Å². The number of carbonyl (C=O) groups excluding carboxylic acids is 1. The van der Waals surface area contributed by atoms with Gasteiger partial charge in [0.15, 0.2) is 0 Å². The average molecular weight is 290 g/mol. The Bertz CT molecular complexity index is 561. The largest absolute Gasteiger partial charge is 0.480 e. The number of aliphatic carboxylic acids is 1. The molecule has 0 spiro atoms. The molecule has 0 fully saturated rings. The predicted octanol–water partition coefficient (Wildman–Crippen LogP) is 1.56. The van der Waals surface area contributed by atoms with Gasteiger partial charge in [-0.3, -0.25) is 4.79 Å². The highest BCUT2D eigenvalue weighted by Crippen LogP contribution is 2.22. The first-order valence-electron chi connectivity index (χ1n) is 7.16. The van der Waals surface area contributed by atoms with Gasteiger partial charge in [0, 0.05) is 12.1 Å². The SMILES string of the molecule is CC(C)(C)[C@@H](NC(=O)c1cccc2c1CCNC2)C(=O)O. The Morgan fingerprint density at radius 2 is 2.05 bits per heavy atom. The summed E-state index contributed by atoms with van der Waals surface area (Å²) in [7, 11) is 0. The Kier molecular flexibility index (Phi) is 4.32. The molecule has 3 N–H and O–H groups in total. The van der Waals surface area contributed by atoms with Gasteiger partial charge in [-0.15, -0.1) is 0 Å². The van der Waals surface area contributed by atoms with Crippen molar-refractivity contribution in [3.8, 4) is 0 Å². The first-order chi connectivity index (χ1) is 9.80. The zero-order chi connectivity index (χ0) is 15.6. The molecule has 1 aliphatic heterocycles. The van der Waals surface area contributed by atoms with Gasteiger partial charge in [0.25, 0.3) is 5.91 Å². The van der Waals surface area contributed by atoms with Gasteiger partial charge in [-0.2, -0.15) is 0 Å². The zero-order valence-corrected chi connectivity index (χ0v) is 12.7. The molecule has 0 unspecified atom stereocenters. The van der Waals surface area contributed by atoms with Gasteiger partial charge in [-0.25, -0.2) is 4.79 Å². The van der Waals surface area contributed by atoms with E-state index in [-0.39, 0.29) is 5.91 Å². The number of fused-ring (bicyclic) bond motifs is 1. The fourth-order valence-electron chi connectivity index (χ4n) is 2.60. The second-order valence-corrected chi connectivity index (χ2v) is 6.48. The third kappa shape index (κ3) is 3.42. The third-order valence-electron chi connectivity index (χ3n) is 3.77. The summed E-state index contributed by atoms with van der Waals surface area (Å²) in [4.78, 5) is 23.9. The molecule has 0 aromatic heterocycles. The molecule has 21 heavy (non-hydrogen) atoms. The van der Waals surface area contributed by atoms with Gasteiger partial charge in [0.05, 0.1) is 0 Å². The van der Waals surface area contributed by atoms with Gasteiger partial charge in [-0.05, 0) is 35.6 Å². The Hall–Kier alpha value is -1.88. The highest BCUT2D eigenvalue weighted by Gasteiger charge is 2.33. The monoisotopic (exact) mass is 290 g/mol.